The van der Waals surface area contributed by atoms with E-state index in [1.54, 1.807) is 18.2 Å². The highest BCUT2D eigenvalue weighted by Crippen LogP contribution is 2.31. The molecular formula is C17H12FN3O4. The lowest BCUT2D eigenvalue weighted by Crippen LogP contribution is -2.40. The predicted molar refractivity (Wildman–Crippen MR) is 84.7 cm³/mol. The lowest BCUT2D eigenvalue weighted by atomic mass is 10.1. The van der Waals surface area contributed by atoms with Crippen LogP contribution in [0, 0.1) is 5.82 Å². The molecule has 1 atom stereocenters. The molecule has 0 radical (unpaired) electrons. The number of benzene rings is 2. The lowest BCUT2D eigenvalue weighted by Gasteiger charge is -2.25. The normalized spacial score (nSPS) is 15.6. The van der Waals surface area contributed by atoms with Gasteiger partial charge in [-0.05, 0) is 46.7 Å². The molecule has 7 nitrogen and oxygen atoms in total. The molecule has 126 valence electrons. The van der Waals surface area contributed by atoms with Crippen molar-refractivity contribution in [1.29, 1.82) is 0 Å². The van der Waals surface area contributed by atoms with E-state index < -0.39 is 12.0 Å². The molecule has 0 saturated carbocycles. The first-order chi connectivity index (χ1) is 12.2. The number of halogens is 1. The number of fused-ring (bicyclic) bond motifs is 1. The Bertz CT molecular complexity index is 910. The van der Waals surface area contributed by atoms with Gasteiger partial charge in [-0.25, -0.2) is 9.02 Å². The molecule has 2 aromatic carbocycles. The molecule has 0 fully saturated rings. The van der Waals surface area contributed by atoms with Gasteiger partial charge in [0.2, 0.25) is 11.9 Å². The third-order valence-electron chi connectivity index (χ3n) is 3.65. The van der Waals surface area contributed by atoms with E-state index in [0.29, 0.717) is 22.8 Å². The maximum atomic E-state index is 13.0. The molecule has 1 N–H and O–H groups in total. The number of ether oxygens (including phenoxy) is 2. The molecule has 1 aliphatic heterocycles. The first kappa shape index (κ1) is 15.1. The first-order valence-electron chi connectivity index (χ1n) is 7.48. The maximum absolute atomic E-state index is 13.0. The molecule has 4 rings (SSSR count). The maximum Gasteiger partial charge on any atom is 0.270 e. The Labute approximate surface area is 141 Å². The summed E-state index contributed by atoms with van der Waals surface area (Å²) in [5.74, 6) is 0.373. The Balaban J connectivity index is 1.51. The molecule has 0 spiro atoms. The van der Waals surface area contributed by atoms with Gasteiger partial charge in [-0.1, -0.05) is 12.1 Å². The van der Waals surface area contributed by atoms with Gasteiger partial charge < -0.3 is 14.8 Å². The van der Waals surface area contributed by atoms with Gasteiger partial charge in [0.25, 0.3) is 5.91 Å². The summed E-state index contributed by atoms with van der Waals surface area (Å²) in [5, 5.41) is 10.0. The number of rotatable bonds is 3. The number of hydrogen-bond acceptors (Lipinski definition) is 6. The van der Waals surface area contributed by atoms with Crippen LogP contribution in [0.4, 0.5) is 10.2 Å². The van der Waals surface area contributed by atoms with Crippen LogP contribution in [-0.2, 0) is 4.79 Å². The van der Waals surface area contributed by atoms with Gasteiger partial charge in [0.05, 0.1) is 0 Å². The summed E-state index contributed by atoms with van der Waals surface area (Å²) in [7, 11) is 0. The predicted octanol–water partition coefficient (Wildman–Crippen LogP) is 2.65. The van der Waals surface area contributed by atoms with Crippen molar-refractivity contribution in [2.24, 2.45) is 0 Å². The highest BCUT2D eigenvalue weighted by Gasteiger charge is 2.29. The van der Waals surface area contributed by atoms with Crippen molar-refractivity contribution in [3.8, 4) is 22.8 Å². The van der Waals surface area contributed by atoms with Gasteiger partial charge in [0.15, 0.2) is 17.2 Å². The average Bonchev–Trinajstić information content (AvgIpc) is 3.10. The summed E-state index contributed by atoms with van der Waals surface area (Å²) < 4.78 is 28.9. The monoisotopic (exact) mass is 341 g/mol. The van der Waals surface area contributed by atoms with Crippen LogP contribution in [-0.4, -0.2) is 28.9 Å². The Morgan fingerprint density at radius 2 is 1.84 bits per heavy atom. The summed E-state index contributed by atoms with van der Waals surface area (Å²) in [4.78, 5) is 12.4. The van der Waals surface area contributed by atoms with Crippen LogP contribution >= 0.6 is 0 Å². The minimum atomic E-state index is -0.840. The Morgan fingerprint density at radius 1 is 1.08 bits per heavy atom. The van der Waals surface area contributed by atoms with Crippen molar-refractivity contribution in [3.05, 3.63) is 54.3 Å². The molecule has 8 heteroatoms. The van der Waals surface area contributed by atoms with Gasteiger partial charge in [0.1, 0.15) is 12.4 Å². The van der Waals surface area contributed by atoms with Gasteiger partial charge >= 0.3 is 0 Å². The number of para-hydroxylation sites is 2. The third kappa shape index (κ3) is 3.01. The number of nitrogens with zero attached hydrogens (tertiary/aromatic N) is 2. The fourth-order valence-electron chi connectivity index (χ4n) is 2.41. The van der Waals surface area contributed by atoms with E-state index in [1.807, 2.05) is 6.07 Å². The lowest BCUT2D eigenvalue weighted by molar-refractivity contribution is -0.125. The van der Waals surface area contributed by atoms with E-state index in [-0.39, 0.29) is 18.2 Å². The SMILES string of the molecule is O=C(Nc1nonc1-c1ccc(F)cc1)[C@@H]1COc2ccccc2O1. The number of anilines is 1. The van der Waals surface area contributed by atoms with Crippen LogP contribution in [0.5, 0.6) is 11.5 Å². The molecule has 0 saturated heterocycles. The molecule has 3 aromatic rings. The van der Waals surface area contributed by atoms with E-state index >= 15 is 0 Å². The zero-order chi connectivity index (χ0) is 17.2. The Morgan fingerprint density at radius 3 is 2.64 bits per heavy atom. The summed E-state index contributed by atoms with van der Waals surface area (Å²) in [5.41, 5.74) is 0.856. The molecule has 1 aliphatic rings. The number of carbonyl (C=O) groups is 1. The first-order valence-corrected chi connectivity index (χ1v) is 7.48. The third-order valence-corrected chi connectivity index (χ3v) is 3.65. The number of amides is 1. The molecule has 2 heterocycles. The molecule has 0 aliphatic carbocycles. The summed E-state index contributed by atoms with van der Waals surface area (Å²) >= 11 is 0. The van der Waals surface area contributed by atoms with Crippen LogP contribution in [0.25, 0.3) is 11.3 Å². The Kier molecular flexibility index (Phi) is 3.77. The van der Waals surface area contributed by atoms with E-state index in [2.05, 4.69) is 15.6 Å². The molecule has 1 aromatic heterocycles. The topological polar surface area (TPSA) is 86.5 Å². The largest absolute Gasteiger partial charge is 0.485 e. The van der Waals surface area contributed by atoms with E-state index in [1.165, 1.54) is 24.3 Å². The number of nitrogens with one attached hydrogen (secondary N) is 1. The van der Waals surface area contributed by atoms with Crippen molar-refractivity contribution < 1.29 is 23.3 Å². The van der Waals surface area contributed by atoms with Gasteiger partial charge in [0, 0.05) is 5.56 Å². The highest BCUT2D eigenvalue weighted by atomic mass is 19.1. The molecule has 0 bridgehead atoms. The van der Waals surface area contributed by atoms with Crippen LogP contribution in [0.1, 0.15) is 0 Å². The number of carbonyl (C=O) groups excluding carboxylic acids is 1. The second-order valence-corrected chi connectivity index (χ2v) is 5.32. The van der Waals surface area contributed by atoms with Crippen molar-refractivity contribution in [2.75, 3.05) is 11.9 Å². The summed E-state index contributed by atoms with van der Waals surface area (Å²) in [6, 6.07) is 12.7. The quantitative estimate of drug-likeness (QED) is 0.788. The molecule has 0 unspecified atom stereocenters. The zero-order valence-electron chi connectivity index (χ0n) is 12.8. The van der Waals surface area contributed by atoms with Crippen molar-refractivity contribution in [3.63, 3.8) is 0 Å². The molecular weight excluding hydrogens is 329 g/mol. The smallest absolute Gasteiger partial charge is 0.270 e. The zero-order valence-corrected chi connectivity index (χ0v) is 12.8. The van der Waals surface area contributed by atoms with E-state index in [4.69, 9.17) is 14.1 Å². The standard InChI is InChI=1S/C17H12FN3O4/c18-11-7-5-10(6-8-11)15-16(21-25-20-15)19-17(22)14-9-23-12-3-1-2-4-13(12)24-14/h1-8,14H,9H2,(H,19,21,22)/t14-/m0/s1. The number of aromatic nitrogens is 2. The second kappa shape index (κ2) is 6.23. The van der Waals surface area contributed by atoms with Gasteiger partial charge in [-0.3, -0.25) is 4.79 Å². The van der Waals surface area contributed by atoms with Crippen molar-refractivity contribution >= 4 is 11.7 Å². The van der Waals surface area contributed by atoms with Crippen molar-refractivity contribution in [1.82, 2.24) is 10.3 Å². The minimum absolute atomic E-state index is 0.0695. The minimum Gasteiger partial charge on any atom is -0.485 e. The second-order valence-electron chi connectivity index (χ2n) is 5.32. The molecule has 25 heavy (non-hydrogen) atoms. The number of hydrogen-bond donors (Lipinski definition) is 1. The fraction of sp³-hybridized carbons (Fsp3) is 0.118. The molecule has 1 amide bonds. The fourth-order valence-corrected chi connectivity index (χ4v) is 2.41. The average molecular weight is 341 g/mol. The van der Waals surface area contributed by atoms with Crippen LogP contribution in [0.15, 0.2) is 53.2 Å². The Hall–Kier alpha value is -3.42. The van der Waals surface area contributed by atoms with E-state index in [9.17, 15) is 9.18 Å². The van der Waals surface area contributed by atoms with Crippen LogP contribution in [0.3, 0.4) is 0 Å². The van der Waals surface area contributed by atoms with Crippen LogP contribution < -0.4 is 14.8 Å². The van der Waals surface area contributed by atoms with Gasteiger partial charge in [-0.2, -0.15) is 0 Å². The van der Waals surface area contributed by atoms with E-state index in [0.717, 1.165) is 0 Å². The van der Waals surface area contributed by atoms with Crippen LogP contribution in [0.2, 0.25) is 0 Å². The van der Waals surface area contributed by atoms with Gasteiger partial charge in [-0.15, -0.1) is 0 Å². The van der Waals surface area contributed by atoms with Crippen molar-refractivity contribution in [2.45, 2.75) is 6.10 Å². The summed E-state index contributed by atoms with van der Waals surface area (Å²) in [6.45, 7) is 0.0695. The highest BCUT2D eigenvalue weighted by molar-refractivity contribution is 5.96. The summed E-state index contributed by atoms with van der Waals surface area (Å²) in [6.07, 6.45) is -0.840.